The van der Waals surface area contributed by atoms with Crippen LogP contribution in [0.1, 0.15) is 43.9 Å². The van der Waals surface area contributed by atoms with E-state index in [-0.39, 0.29) is 0 Å². The summed E-state index contributed by atoms with van der Waals surface area (Å²) in [6, 6.07) is 0. The molecule has 2 saturated carbocycles. The van der Waals surface area contributed by atoms with Gasteiger partial charge in [-0.05, 0) is 62.8 Å². The molecule has 1 aromatic rings. The van der Waals surface area contributed by atoms with Crippen LogP contribution in [0.5, 0.6) is 0 Å². The topological polar surface area (TPSA) is 29.9 Å². The van der Waals surface area contributed by atoms with E-state index in [1.54, 1.807) is 0 Å². The van der Waals surface area contributed by atoms with Gasteiger partial charge in [-0.15, -0.1) is 0 Å². The number of rotatable bonds is 6. The van der Waals surface area contributed by atoms with E-state index in [4.69, 9.17) is 11.6 Å². The smallest absolute Gasteiger partial charge is 0.130 e. The van der Waals surface area contributed by atoms with E-state index in [1.165, 1.54) is 31.2 Å². The summed E-state index contributed by atoms with van der Waals surface area (Å²) in [7, 11) is 1.94. The van der Waals surface area contributed by atoms with E-state index in [2.05, 4.69) is 24.3 Å². The van der Waals surface area contributed by atoms with Crippen LogP contribution in [-0.2, 0) is 13.5 Å². The third-order valence-electron chi connectivity index (χ3n) is 5.21. The Kier molecular flexibility index (Phi) is 3.85. The predicted octanol–water partition coefficient (Wildman–Crippen LogP) is 3.34. The summed E-state index contributed by atoms with van der Waals surface area (Å²) in [4.78, 5) is 0. The summed E-state index contributed by atoms with van der Waals surface area (Å²) < 4.78 is 1.81. The SMILES string of the molecule is CCCNCC1(Cc2c(C)nn(C)c2Cl)CC2CC2C1. The van der Waals surface area contributed by atoms with E-state index in [1.807, 2.05) is 11.7 Å². The first-order chi connectivity index (χ1) is 9.54. The molecule has 1 aromatic heterocycles. The summed E-state index contributed by atoms with van der Waals surface area (Å²) in [5.74, 6) is 1.99. The normalized spacial score (nSPS) is 31.6. The quantitative estimate of drug-likeness (QED) is 0.816. The van der Waals surface area contributed by atoms with E-state index in [0.29, 0.717) is 5.41 Å². The average Bonchev–Trinajstić information content (AvgIpc) is 2.96. The van der Waals surface area contributed by atoms with Crippen LogP contribution in [0.4, 0.5) is 0 Å². The number of nitrogens with zero attached hydrogens (tertiary/aromatic N) is 2. The first-order valence-corrected chi connectivity index (χ1v) is 8.31. The molecule has 0 bridgehead atoms. The van der Waals surface area contributed by atoms with Crippen molar-refractivity contribution in [2.45, 2.75) is 46.0 Å². The number of nitrogens with one attached hydrogen (secondary N) is 1. The summed E-state index contributed by atoms with van der Waals surface area (Å²) in [6.45, 7) is 6.58. The van der Waals surface area contributed by atoms with Crippen molar-refractivity contribution < 1.29 is 0 Å². The van der Waals surface area contributed by atoms with Crippen LogP contribution in [-0.4, -0.2) is 22.9 Å². The maximum absolute atomic E-state index is 6.44. The Bertz CT molecular complexity index is 484. The minimum atomic E-state index is 0.417. The molecule has 0 amide bonds. The number of fused-ring (bicyclic) bond motifs is 1. The Balaban J connectivity index is 1.76. The van der Waals surface area contributed by atoms with Crippen LogP contribution in [0.15, 0.2) is 0 Å². The number of aryl methyl sites for hydroxylation is 2. The van der Waals surface area contributed by atoms with Crippen LogP contribution in [0, 0.1) is 24.2 Å². The van der Waals surface area contributed by atoms with Crippen molar-refractivity contribution in [2.75, 3.05) is 13.1 Å². The second kappa shape index (κ2) is 5.34. The number of halogens is 1. The molecule has 20 heavy (non-hydrogen) atoms. The first kappa shape index (κ1) is 14.4. The molecule has 1 heterocycles. The van der Waals surface area contributed by atoms with Gasteiger partial charge in [0.25, 0.3) is 0 Å². The van der Waals surface area contributed by atoms with Crippen molar-refractivity contribution in [3.05, 3.63) is 16.4 Å². The maximum Gasteiger partial charge on any atom is 0.130 e. The molecule has 3 nitrogen and oxygen atoms in total. The summed E-state index contributed by atoms with van der Waals surface area (Å²) in [6.07, 6.45) is 6.51. The van der Waals surface area contributed by atoms with Gasteiger partial charge in [0.05, 0.1) is 5.69 Å². The standard InChI is InChI=1S/C16H26ClN3/c1-4-5-18-10-16(7-12-6-13(12)8-16)9-14-11(2)19-20(3)15(14)17/h12-13,18H,4-10H2,1-3H3. The minimum Gasteiger partial charge on any atom is -0.316 e. The van der Waals surface area contributed by atoms with Gasteiger partial charge >= 0.3 is 0 Å². The fourth-order valence-electron chi connectivity index (χ4n) is 4.14. The number of hydrogen-bond donors (Lipinski definition) is 1. The molecule has 2 unspecified atom stereocenters. The predicted molar refractivity (Wildman–Crippen MR) is 83.1 cm³/mol. The van der Waals surface area contributed by atoms with E-state index in [0.717, 1.165) is 42.2 Å². The molecule has 0 spiro atoms. The largest absolute Gasteiger partial charge is 0.316 e. The molecule has 1 N–H and O–H groups in total. The molecule has 0 saturated heterocycles. The zero-order valence-corrected chi connectivity index (χ0v) is 13.6. The zero-order chi connectivity index (χ0) is 14.3. The van der Waals surface area contributed by atoms with E-state index < -0.39 is 0 Å². The Morgan fingerprint density at radius 2 is 2.10 bits per heavy atom. The van der Waals surface area contributed by atoms with Crippen LogP contribution in [0.25, 0.3) is 0 Å². The summed E-state index contributed by atoms with van der Waals surface area (Å²) in [5.41, 5.74) is 2.79. The zero-order valence-electron chi connectivity index (χ0n) is 12.9. The van der Waals surface area contributed by atoms with Gasteiger partial charge in [-0.25, -0.2) is 0 Å². The van der Waals surface area contributed by atoms with Crippen LogP contribution >= 0.6 is 11.6 Å². The second-order valence-electron chi connectivity index (χ2n) is 7.00. The highest BCUT2D eigenvalue weighted by Gasteiger charge is 2.53. The molecular weight excluding hydrogens is 270 g/mol. The Morgan fingerprint density at radius 3 is 2.65 bits per heavy atom. The van der Waals surface area contributed by atoms with Gasteiger partial charge in [-0.1, -0.05) is 18.5 Å². The van der Waals surface area contributed by atoms with Gasteiger partial charge in [0.1, 0.15) is 5.15 Å². The lowest BCUT2D eigenvalue weighted by Gasteiger charge is -2.31. The fourth-order valence-corrected chi connectivity index (χ4v) is 4.38. The molecule has 2 atom stereocenters. The monoisotopic (exact) mass is 295 g/mol. The van der Waals surface area contributed by atoms with Gasteiger partial charge in [-0.3, -0.25) is 4.68 Å². The molecule has 0 aromatic carbocycles. The fraction of sp³-hybridized carbons (Fsp3) is 0.812. The van der Waals surface area contributed by atoms with Crippen molar-refractivity contribution in [2.24, 2.45) is 24.3 Å². The van der Waals surface area contributed by atoms with Crippen molar-refractivity contribution >= 4 is 11.6 Å². The van der Waals surface area contributed by atoms with E-state index in [9.17, 15) is 0 Å². The number of aromatic nitrogens is 2. The molecule has 0 aliphatic heterocycles. The van der Waals surface area contributed by atoms with Gasteiger partial charge < -0.3 is 5.32 Å². The van der Waals surface area contributed by atoms with Crippen LogP contribution in [0.3, 0.4) is 0 Å². The molecule has 2 aliphatic rings. The van der Waals surface area contributed by atoms with Gasteiger partial charge in [0, 0.05) is 19.2 Å². The molecule has 2 aliphatic carbocycles. The van der Waals surface area contributed by atoms with E-state index >= 15 is 0 Å². The highest BCUT2D eigenvalue weighted by molar-refractivity contribution is 6.30. The summed E-state index contributed by atoms with van der Waals surface area (Å²) >= 11 is 6.44. The molecule has 3 rings (SSSR count). The average molecular weight is 296 g/mol. The van der Waals surface area contributed by atoms with Gasteiger partial charge in [0.2, 0.25) is 0 Å². The third-order valence-corrected chi connectivity index (χ3v) is 5.68. The second-order valence-corrected chi connectivity index (χ2v) is 7.35. The lowest BCUT2D eigenvalue weighted by molar-refractivity contribution is 0.248. The lowest BCUT2D eigenvalue weighted by Crippen LogP contribution is -2.35. The molecule has 0 radical (unpaired) electrons. The first-order valence-electron chi connectivity index (χ1n) is 7.93. The summed E-state index contributed by atoms with van der Waals surface area (Å²) in [5, 5.41) is 8.96. The van der Waals surface area contributed by atoms with Crippen molar-refractivity contribution in [1.82, 2.24) is 15.1 Å². The Labute approximate surface area is 127 Å². The molecule has 112 valence electrons. The molecular formula is C16H26ClN3. The lowest BCUT2D eigenvalue weighted by atomic mass is 9.77. The third kappa shape index (κ3) is 2.62. The Hall–Kier alpha value is -0.540. The number of hydrogen-bond acceptors (Lipinski definition) is 2. The highest BCUT2D eigenvalue weighted by Crippen LogP contribution is 2.60. The van der Waals surface area contributed by atoms with Crippen molar-refractivity contribution in [3.63, 3.8) is 0 Å². The molecule has 2 fully saturated rings. The van der Waals surface area contributed by atoms with Gasteiger partial charge in [0.15, 0.2) is 0 Å². The van der Waals surface area contributed by atoms with Crippen LogP contribution < -0.4 is 5.32 Å². The van der Waals surface area contributed by atoms with Crippen molar-refractivity contribution in [1.29, 1.82) is 0 Å². The maximum atomic E-state index is 6.44. The highest BCUT2D eigenvalue weighted by atomic mass is 35.5. The minimum absolute atomic E-state index is 0.417. The van der Waals surface area contributed by atoms with Gasteiger partial charge in [-0.2, -0.15) is 5.10 Å². The Morgan fingerprint density at radius 1 is 1.40 bits per heavy atom. The van der Waals surface area contributed by atoms with Crippen LogP contribution in [0.2, 0.25) is 5.15 Å². The van der Waals surface area contributed by atoms with Crippen molar-refractivity contribution in [3.8, 4) is 0 Å². The molecule has 4 heteroatoms.